The van der Waals surface area contributed by atoms with Crippen LogP contribution in [0.15, 0.2) is 30.3 Å². The van der Waals surface area contributed by atoms with Gasteiger partial charge in [-0.05, 0) is 24.3 Å². The Balaban J connectivity index is 2.39. The minimum atomic E-state index is -0.458. The third-order valence-corrected chi connectivity index (χ3v) is 3.97. The highest BCUT2D eigenvalue weighted by Crippen LogP contribution is 2.34. The number of amides is 1. The third-order valence-electron chi connectivity index (χ3n) is 2.66. The highest BCUT2D eigenvalue weighted by atomic mass is 35.5. The lowest BCUT2D eigenvalue weighted by Crippen LogP contribution is -2.13. The molecule has 1 N–H and O–H groups in total. The first-order valence-electron chi connectivity index (χ1n) is 5.72. The standard InChI is InChI=1S/C14H9Cl4NO2/c1-21-13-8(5-7(15)6-10(13)17)14(20)19-11-4-2-3-9(16)12(11)18/h2-6H,1H3,(H,19,20). The maximum Gasteiger partial charge on any atom is 0.259 e. The van der Waals surface area contributed by atoms with E-state index in [4.69, 9.17) is 51.1 Å². The monoisotopic (exact) mass is 363 g/mol. The predicted octanol–water partition coefficient (Wildman–Crippen LogP) is 5.56. The second kappa shape index (κ2) is 6.75. The number of anilines is 1. The normalized spacial score (nSPS) is 10.3. The summed E-state index contributed by atoms with van der Waals surface area (Å²) in [5, 5.41) is 3.80. The van der Waals surface area contributed by atoms with E-state index < -0.39 is 5.91 Å². The van der Waals surface area contributed by atoms with Crippen molar-refractivity contribution in [3.05, 3.63) is 56.0 Å². The Hall–Kier alpha value is -1.13. The van der Waals surface area contributed by atoms with Crippen LogP contribution in [0.2, 0.25) is 20.1 Å². The topological polar surface area (TPSA) is 38.3 Å². The number of nitrogens with one attached hydrogen (secondary N) is 1. The summed E-state index contributed by atoms with van der Waals surface area (Å²) in [6, 6.07) is 7.87. The van der Waals surface area contributed by atoms with Crippen LogP contribution in [0.3, 0.4) is 0 Å². The molecule has 21 heavy (non-hydrogen) atoms. The van der Waals surface area contributed by atoms with E-state index in [0.717, 1.165) is 0 Å². The highest BCUT2D eigenvalue weighted by molar-refractivity contribution is 6.44. The zero-order valence-electron chi connectivity index (χ0n) is 10.7. The van der Waals surface area contributed by atoms with E-state index in [1.54, 1.807) is 18.2 Å². The zero-order chi connectivity index (χ0) is 15.6. The Morgan fingerprint density at radius 2 is 1.81 bits per heavy atom. The van der Waals surface area contributed by atoms with Gasteiger partial charge >= 0.3 is 0 Å². The maximum absolute atomic E-state index is 12.4. The quantitative estimate of drug-likeness (QED) is 0.773. The van der Waals surface area contributed by atoms with Gasteiger partial charge in [0.05, 0.1) is 33.4 Å². The predicted molar refractivity (Wildman–Crippen MR) is 87.4 cm³/mol. The number of hydrogen-bond donors (Lipinski definition) is 1. The van der Waals surface area contributed by atoms with Crippen LogP contribution in [0, 0.1) is 0 Å². The molecule has 0 bridgehead atoms. The van der Waals surface area contributed by atoms with Crippen LogP contribution in [-0.2, 0) is 0 Å². The van der Waals surface area contributed by atoms with Crippen molar-refractivity contribution >= 4 is 58.0 Å². The van der Waals surface area contributed by atoms with Crippen LogP contribution < -0.4 is 10.1 Å². The summed E-state index contributed by atoms with van der Waals surface area (Å²) in [6.45, 7) is 0. The summed E-state index contributed by atoms with van der Waals surface area (Å²) in [7, 11) is 1.41. The van der Waals surface area contributed by atoms with Gasteiger partial charge in [-0.2, -0.15) is 0 Å². The first kappa shape index (κ1) is 16.2. The van der Waals surface area contributed by atoms with Crippen LogP contribution in [0.1, 0.15) is 10.4 Å². The molecule has 0 aliphatic carbocycles. The highest BCUT2D eigenvalue weighted by Gasteiger charge is 2.18. The second-order valence-electron chi connectivity index (χ2n) is 4.02. The fraction of sp³-hybridized carbons (Fsp3) is 0.0714. The summed E-state index contributed by atoms with van der Waals surface area (Å²) < 4.78 is 5.13. The molecule has 0 unspecified atom stereocenters. The van der Waals surface area contributed by atoms with Crippen LogP contribution in [0.4, 0.5) is 5.69 Å². The van der Waals surface area contributed by atoms with E-state index in [2.05, 4.69) is 5.32 Å². The number of carbonyl (C=O) groups is 1. The molecule has 0 aliphatic rings. The summed E-state index contributed by atoms with van der Waals surface area (Å²) >= 11 is 23.9. The fourth-order valence-electron chi connectivity index (χ4n) is 1.73. The average Bonchev–Trinajstić information content (AvgIpc) is 2.43. The molecule has 0 atom stereocenters. The lowest BCUT2D eigenvalue weighted by molar-refractivity contribution is 0.102. The summed E-state index contributed by atoms with van der Waals surface area (Å²) in [5.74, 6) is -0.225. The molecule has 3 nitrogen and oxygen atoms in total. The number of hydrogen-bond acceptors (Lipinski definition) is 2. The molecule has 2 aromatic rings. The molecular formula is C14H9Cl4NO2. The molecule has 0 saturated carbocycles. The van der Waals surface area contributed by atoms with E-state index >= 15 is 0 Å². The van der Waals surface area contributed by atoms with Gasteiger partial charge in [0.25, 0.3) is 5.91 Å². The SMILES string of the molecule is COc1c(Cl)cc(Cl)cc1C(=O)Nc1cccc(Cl)c1Cl. The van der Waals surface area contributed by atoms with E-state index in [9.17, 15) is 4.79 Å². The molecule has 7 heteroatoms. The van der Waals surface area contributed by atoms with Gasteiger partial charge in [0.15, 0.2) is 0 Å². The lowest BCUT2D eigenvalue weighted by atomic mass is 10.1. The first-order valence-corrected chi connectivity index (χ1v) is 7.23. The number of carbonyl (C=O) groups excluding carboxylic acids is 1. The Morgan fingerprint density at radius 1 is 1.10 bits per heavy atom. The van der Waals surface area contributed by atoms with Crippen LogP contribution in [-0.4, -0.2) is 13.0 Å². The number of rotatable bonds is 3. The molecule has 1 amide bonds. The maximum atomic E-state index is 12.4. The largest absolute Gasteiger partial charge is 0.494 e. The summed E-state index contributed by atoms with van der Waals surface area (Å²) in [5.41, 5.74) is 0.582. The van der Waals surface area contributed by atoms with Crippen molar-refractivity contribution in [2.45, 2.75) is 0 Å². The van der Waals surface area contributed by atoms with Crippen LogP contribution in [0.5, 0.6) is 5.75 Å². The molecule has 0 heterocycles. The number of benzene rings is 2. The van der Waals surface area contributed by atoms with Gasteiger partial charge in [-0.3, -0.25) is 4.79 Å². The van der Waals surface area contributed by atoms with E-state index in [1.165, 1.54) is 19.2 Å². The fourth-order valence-corrected chi connectivity index (χ4v) is 2.64. The van der Waals surface area contributed by atoms with Crippen molar-refractivity contribution in [1.29, 1.82) is 0 Å². The lowest BCUT2D eigenvalue weighted by Gasteiger charge is -2.12. The molecule has 0 spiro atoms. The minimum Gasteiger partial charge on any atom is -0.494 e. The average molecular weight is 365 g/mol. The molecule has 0 aliphatic heterocycles. The first-order chi connectivity index (χ1) is 9.93. The molecule has 2 aromatic carbocycles. The zero-order valence-corrected chi connectivity index (χ0v) is 13.7. The number of ether oxygens (including phenoxy) is 1. The van der Waals surface area contributed by atoms with E-state index in [1.807, 2.05) is 0 Å². The van der Waals surface area contributed by atoms with Gasteiger partial charge in [-0.1, -0.05) is 52.5 Å². The molecular weight excluding hydrogens is 356 g/mol. The van der Waals surface area contributed by atoms with Crippen molar-refractivity contribution in [2.24, 2.45) is 0 Å². The van der Waals surface area contributed by atoms with E-state index in [-0.39, 0.29) is 21.4 Å². The molecule has 0 fully saturated rings. The van der Waals surface area contributed by atoms with Gasteiger partial charge in [0.1, 0.15) is 5.75 Å². The molecule has 0 radical (unpaired) electrons. The number of halogens is 4. The number of methoxy groups -OCH3 is 1. The van der Waals surface area contributed by atoms with Crippen LogP contribution in [0.25, 0.3) is 0 Å². The summed E-state index contributed by atoms with van der Waals surface area (Å²) in [4.78, 5) is 12.4. The smallest absolute Gasteiger partial charge is 0.259 e. The Bertz CT molecular complexity index is 704. The van der Waals surface area contributed by atoms with Crippen LogP contribution >= 0.6 is 46.4 Å². The Labute approximate surface area is 141 Å². The van der Waals surface area contributed by atoms with Gasteiger partial charge in [-0.25, -0.2) is 0 Å². The minimum absolute atomic E-state index is 0.200. The van der Waals surface area contributed by atoms with Crippen molar-refractivity contribution < 1.29 is 9.53 Å². The molecule has 0 aromatic heterocycles. The van der Waals surface area contributed by atoms with Gasteiger partial charge in [0.2, 0.25) is 0 Å². The van der Waals surface area contributed by atoms with E-state index in [0.29, 0.717) is 15.7 Å². The third kappa shape index (κ3) is 3.55. The summed E-state index contributed by atoms with van der Waals surface area (Å²) in [6.07, 6.45) is 0. The van der Waals surface area contributed by atoms with Gasteiger partial charge in [0, 0.05) is 5.02 Å². The molecule has 2 rings (SSSR count). The second-order valence-corrected chi connectivity index (χ2v) is 5.65. The van der Waals surface area contributed by atoms with Crippen molar-refractivity contribution in [3.63, 3.8) is 0 Å². The Kier molecular flexibility index (Phi) is 5.22. The Morgan fingerprint density at radius 3 is 2.48 bits per heavy atom. The van der Waals surface area contributed by atoms with Gasteiger partial charge < -0.3 is 10.1 Å². The van der Waals surface area contributed by atoms with Crippen molar-refractivity contribution in [2.75, 3.05) is 12.4 Å². The molecule has 110 valence electrons. The van der Waals surface area contributed by atoms with Crippen molar-refractivity contribution in [3.8, 4) is 5.75 Å². The van der Waals surface area contributed by atoms with Gasteiger partial charge in [-0.15, -0.1) is 0 Å². The van der Waals surface area contributed by atoms with Crippen molar-refractivity contribution in [1.82, 2.24) is 0 Å². The molecule has 0 saturated heterocycles.